The van der Waals surface area contributed by atoms with Crippen molar-refractivity contribution in [3.63, 3.8) is 0 Å². The number of rotatable bonds is 4. The minimum absolute atomic E-state index is 0.0341. The molecule has 2 aromatic carbocycles. The van der Waals surface area contributed by atoms with Gasteiger partial charge in [0.15, 0.2) is 11.6 Å². The highest BCUT2D eigenvalue weighted by Crippen LogP contribution is 2.51. The number of nitrogen functional groups attached to an aromatic ring is 2. The van der Waals surface area contributed by atoms with Gasteiger partial charge in [0.25, 0.3) is 0 Å². The highest BCUT2D eigenvalue weighted by atomic mass is 35.5. The first-order chi connectivity index (χ1) is 24.6. The first-order valence-electron chi connectivity index (χ1n) is 16.4. The Kier molecular flexibility index (Phi) is 10.9. The molecular formula is C35H38ClF2N9O3S. The van der Waals surface area contributed by atoms with E-state index >= 15 is 4.39 Å². The molecular weight excluding hydrogens is 700 g/mol. The van der Waals surface area contributed by atoms with Crippen molar-refractivity contribution in [3.8, 4) is 29.0 Å². The molecule has 6 heterocycles. The van der Waals surface area contributed by atoms with Gasteiger partial charge in [-0.2, -0.15) is 15.2 Å². The van der Waals surface area contributed by atoms with E-state index in [1.54, 1.807) is 12.3 Å². The van der Waals surface area contributed by atoms with Crippen LogP contribution >= 0.6 is 22.9 Å². The van der Waals surface area contributed by atoms with Crippen LogP contribution in [0.3, 0.4) is 0 Å². The third-order valence-corrected chi connectivity index (χ3v) is 10.8. The first kappa shape index (κ1) is 36.2. The zero-order valence-electron chi connectivity index (χ0n) is 28.4. The monoisotopic (exact) mass is 737 g/mol. The van der Waals surface area contributed by atoms with Gasteiger partial charge in [0, 0.05) is 28.8 Å². The number of fused-ring (bicyclic) bond motifs is 2. The molecule has 0 radical (unpaired) electrons. The average Bonchev–Trinajstić information content (AvgIpc) is 3.82. The van der Waals surface area contributed by atoms with Gasteiger partial charge in [-0.25, -0.2) is 19.7 Å². The van der Waals surface area contributed by atoms with Gasteiger partial charge in [0.2, 0.25) is 0 Å². The summed E-state index contributed by atoms with van der Waals surface area (Å²) in [6.07, 6.45) is 7.50. The van der Waals surface area contributed by atoms with E-state index in [-0.39, 0.29) is 72.1 Å². The number of ether oxygens (including phenoxy) is 2. The Balaban J connectivity index is 0.000000347. The molecule has 1 atom stereocenters. The highest BCUT2D eigenvalue weighted by molar-refractivity contribution is 7.23. The fourth-order valence-electron chi connectivity index (χ4n) is 7.14. The molecule has 16 heteroatoms. The minimum Gasteiger partial charge on any atom is -0.489 e. The van der Waals surface area contributed by atoms with Gasteiger partial charge in [-0.3, -0.25) is 0 Å². The third-order valence-electron chi connectivity index (χ3n) is 9.45. The summed E-state index contributed by atoms with van der Waals surface area (Å²) >= 11 is 7.79. The Labute approximate surface area is 302 Å². The molecule has 3 aliphatic heterocycles. The van der Waals surface area contributed by atoms with E-state index in [1.807, 2.05) is 24.0 Å². The number of nitrogens with two attached hydrogens (primary N) is 3. The van der Waals surface area contributed by atoms with Crippen LogP contribution in [0, 0.1) is 23.0 Å². The maximum atomic E-state index is 16.6. The summed E-state index contributed by atoms with van der Waals surface area (Å²) in [5.41, 5.74) is 12.9. The van der Waals surface area contributed by atoms with Crippen molar-refractivity contribution in [3.05, 3.63) is 58.2 Å². The van der Waals surface area contributed by atoms with Crippen LogP contribution in [-0.4, -0.2) is 66.4 Å². The number of aromatic nitrogens is 3. The summed E-state index contributed by atoms with van der Waals surface area (Å²) in [6, 6.07) is 8.77. The summed E-state index contributed by atoms with van der Waals surface area (Å²) in [4.78, 5) is 21.4. The molecule has 1 unspecified atom stereocenters. The van der Waals surface area contributed by atoms with Crippen LogP contribution in [0.15, 0.2) is 30.5 Å². The Bertz CT molecular complexity index is 2110. The van der Waals surface area contributed by atoms with Crippen LogP contribution in [-0.2, 0) is 4.84 Å². The molecule has 0 spiro atoms. The lowest BCUT2D eigenvalue weighted by Gasteiger charge is -2.30. The number of pyridine rings is 1. The fraction of sp³-hybridized carbons (Fsp3) is 0.371. The van der Waals surface area contributed by atoms with E-state index in [4.69, 9.17) is 32.5 Å². The molecule has 12 nitrogen and oxygen atoms in total. The van der Waals surface area contributed by atoms with E-state index in [0.717, 1.165) is 22.9 Å². The number of nitriles is 1. The van der Waals surface area contributed by atoms with Gasteiger partial charge in [-0.1, -0.05) is 23.7 Å². The molecule has 8 rings (SSSR count). The number of anilines is 3. The quantitative estimate of drug-likeness (QED) is 0.169. The Morgan fingerprint density at radius 1 is 1.10 bits per heavy atom. The van der Waals surface area contributed by atoms with E-state index in [2.05, 4.69) is 30.6 Å². The summed E-state index contributed by atoms with van der Waals surface area (Å²) < 4.78 is 43.0. The largest absolute Gasteiger partial charge is 0.489 e. The number of halogens is 3. The van der Waals surface area contributed by atoms with Gasteiger partial charge in [-0.15, -0.1) is 11.3 Å². The summed E-state index contributed by atoms with van der Waals surface area (Å²) in [7, 11) is 2.78. The Morgan fingerprint density at radius 2 is 1.82 bits per heavy atom. The Hall–Kier alpha value is -4.59. The molecule has 0 bridgehead atoms. The molecule has 2 saturated heterocycles. The lowest BCUT2D eigenvalue weighted by atomic mass is 9.96. The molecule has 2 fully saturated rings. The first-order valence-corrected chi connectivity index (χ1v) is 17.6. The molecule has 3 aromatic heterocycles. The van der Waals surface area contributed by atoms with E-state index in [0.29, 0.717) is 18.2 Å². The van der Waals surface area contributed by atoms with Crippen LogP contribution in [0.2, 0.25) is 5.02 Å². The van der Waals surface area contributed by atoms with Gasteiger partial charge in [0.05, 0.1) is 47.5 Å². The molecule has 268 valence electrons. The lowest BCUT2D eigenvalue weighted by Crippen LogP contribution is -2.31. The number of thiophene rings is 1. The fourth-order valence-corrected chi connectivity index (χ4v) is 8.42. The van der Waals surface area contributed by atoms with Crippen molar-refractivity contribution in [2.75, 3.05) is 56.8 Å². The molecule has 51 heavy (non-hydrogen) atoms. The zero-order chi connectivity index (χ0) is 36.4. The maximum absolute atomic E-state index is 16.6. The van der Waals surface area contributed by atoms with Gasteiger partial charge < -0.3 is 35.6 Å². The van der Waals surface area contributed by atoms with Crippen LogP contribution in [0.4, 0.5) is 25.4 Å². The van der Waals surface area contributed by atoms with Crippen molar-refractivity contribution >= 4 is 60.6 Å². The maximum Gasteiger partial charge on any atom is 0.318 e. The van der Waals surface area contributed by atoms with Gasteiger partial charge in [0.1, 0.15) is 40.6 Å². The number of benzene rings is 2. The van der Waals surface area contributed by atoms with Crippen LogP contribution in [0.5, 0.6) is 11.8 Å². The standard InChI is InChI=1S/C27H20ClF2N7O2S.C7H13N.CH5NO/c1-11(12-4-3-7-34-24(12)32)37-8-9-39-22-18-21(35-27(38-2)36-26(18)37)20(30)17(19(22)28)13-5-6-15(29)23-16(13)14(10-31)25(33)40-23;1-3-7-4-2-6-8(7)5-1;1-3-2/h3-7,11H,8-9,33H2,1-2H3,(H2,32,34);7H,1-6H2;2H2,1H3. The smallest absolute Gasteiger partial charge is 0.318 e. The molecule has 0 aliphatic carbocycles. The van der Waals surface area contributed by atoms with E-state index < -0.39 is 11.6 Å². The second kappa shape index (κ2) is 15.3. The zero-order valence-corrected chi connectivity index (χ0v) is 30.0. The van der Waals surface area contributed by atoms with Crippen molar-refractivity contribution < 1.29 is 23.1 Å². The van der Waals surface area contributed by atoms with Crippen molar-refractivity contribution in [2.45, 2.75) is 44.7 Å². The summed E-state index contributed by atoms with van der Waals surface area (Å²) in [6.45, 7) is 5.21. The SMILES string of the molecule is C1CC2CCCN2C1.CON.COc1nc2c3c(c(Cl)c(-c4ccc(F)c5sc(N)c(C#N)c45)c(F)c3n1)OCCN2C(C)c1cccnc1N. The second-order valence-corrected chi connectivity index (χ2v) is 13.7. The molecule has 3 aliphatic rings. The number of methoxy groups -OCH3 is 1. The number of hydrogen-bond donors (Lipinski definition) is 3. The predicted molar refractivity (Wildman–Crippen MR) is 196 cm³/mol. The highest BCUT2D eigenvalue weighted by Gasteiger charge is 2.33. The lowest BCUT2D eigenvalue weighted by molar-refractivity contribution is 0.206. The van der Waals surface area contributed by atoms with E-state index in [9.17, 15) is 9.65 Å². The van der Waals surface area contributed by atoms with Crippen LogP contribution in [0.25, 0.3) is 32.1 Å². The Morgan fingerprint density at radius 3 is 2.47 bits per heavy atom. The molecule has 0 saturated carbocycles. The topological polar surface area (TPSA) is 175 Å². The number of hydrogen-bond acceptors (Lipinski definition) is 13. The summed E-state index contributed by atoms with van der Waals surface area (Å²) in [5, 5.41) is 10.2. The third kappa shape index (κ3) is 6.65. The van der Waals surface area contributed by atoms with Crippen molar-refractivity contribution in [1.29, 1.82) is 5.26 Å². The second-order valence-electron chi connectivity index (χ2n) is 12.2. The predicted octanol–water partition coefficient (Wildman–Crippen LogP) is 6.59. The average molecular weight is 738 g/mol. The van der Waals surface area contributed by atoms with E-state index in [1.165, 1.54) is 65.1 Å². The van der Waals surface area contributed by atoms with Crippen molar-refractivity contribution in [1.82, 2.24) is 19.9 Å². The molecule has 0 amide bonds. The van der Waals surface area contributed by atoms with Gasteiger partial charge in [-0.05, 0) is 63.4 Å². The summed E-state index contributed by atoms with van der Waals surface area (Å²) in [5.74, 6) is 3.78. The van der Waals surface area contributed by atoms with Crippen LogP contribution < -0.4 is 31.7 Å². The van der Waals surface area contributed by atoms with Gasteiger partial charge >= 0.3 is 6.01 Å². The normalized spacial score (nSPS) is 16.0. The molecule has 6 N–H and O–H groups in total. The number of nitrogens with zero attached hydrogens (tertiary/aromatic N) is 6. The minimum atomic E-state index is -0.814. The molecule has 5 aromatic rings. The van der Waals surface area contributed by atoms with Crippen LogP contribution in [0.1, 0.15) is 49.8 Å². The van der Waals surface area contributed by atoms with Crippen molar-refractivity contribution in [2.24, 2.45) is 5.90 Å².